The first-order valence-electron chi connectivity index (χ1n) is 6.81. The summed E-state index contributed by atoms with van der Waals surface area (Å²) < 4.78 is 37.9. The molecule has 2 aromatic carbocycles. The minimum atomic E-state index is -4.61. The molecule has 2 amide bonds. The van der Waals surface area contributed by atoms with Gasteiger partial charge in [-0.05, 0) is 30.3 Å². The molecule has 0 atom stereocenters. The van der Waals surface area contributed by atoms with Crippen LogP contribution in [0.25, 0.3) is 0 Å². The molecule has 0 aliphatic rings. The van der Waals surface area contributed by atoms with Crippen LogP contribution in [0.5, 0.6) is 0 Å². The van der Waals surface area contributed by atoms with E-state index in [9.17, 15) is 32.9 Å². The van der Waals surface area contributed by atoms with Crippen LogP contribution in [0, 0.1) is 10.1 Å². The van der Waals surface area contributed by atoms with Crippen molar-refractivity contribution in [1.29, 1.82) is 0 Å². The van der Waals surface area contributed by atoms with E-state index in [0.29, 0.717) is 6.07 Å². The van der Waals surface area contributed by atoms with Gasteiger partial charge in [0.15, 0.2) is 0 Å². The molecule has 0 spiro atoms. The largest absolute Gasteiger partial charge is 0.416 e. The monoisotopic (exact) mass is 387 g/mol. The van der Waals surface area contributed by atoms with Crippen molar-refractivity contribution < 1.29 is 27.7 Å². The molecule has 0 aliphatic heterocycles. The van der Waals surface area contributed by atoms with Gasteiger partial charge in [-0.2, -0.15) is 13.2 Å². The van der Waals surface area contributed by atoms with Gasteiger partial charge in [-0.25, -0.2) is 0 Å². The van der Waals surface area contributed by atoms with Crippen LogP contribution in [0.15, 0.2) is 42.5 Å². The van der Waals surface area contributed by atoms with Gasteiger partial charge < -0.3 is 10.6 Å². The van der Waals surface area contributed by atoms with Crippen LogP contribution < -0.4 is 10.6 Å². The van der Waals surface area contributed by atoms with Gasteiger partial charge >= 0.3 is 18.0 Å². The number of alkyl halides is 3. The van der Waals surface area contributed by atoms with E-state index in [1.165, 1.54) is 12.1 Å². The highest BCUT2D eigenvalue weighted by Gasteiger charge is 2.30. The van der Waals surface area contributed by atoms with Gasteiger partial charge in [0.1, 0.15) is 5.02 Å². The maximum Gasteiger partial charge on any atom is 0.416 e. The predicted octanol–water partition coefficient (Wildman–Crippen LogP) is 3.84. The van der Waals surface area contributed by atoms with E-state index in [1.54, 1.807) is 0 Å². The Labute approximate surface area is 148 Å². The van der Waals surface area contributed by atoms with E-state index >= 15 is 0 Å². The van der Waals surface area contributed by atoms with Crippen molar-refractivity contribution >= 4 is 40.5 Å². The van der Waals surface area contributed by atoms with Crippen molar-refractivity contribution in [1.82, 2.24) is 0 Å². The minimum absolute atomic E-state index is 0.0784. The third-order valence-electron chi connectivity index (χ3n) is 3.05. The van der Waals surface area contributed by atoms with Gasteiger partial charge in [-0.3, -0.25) is 19.7 Å². The number of nitro groups is 1. The van der Waals surface area contributed by atoms with Gasteiger partial charge in [0, 0.05) is 17.4 Å². The highest BCUT2D eigenvalue weighted by atomic mass is 35.5. The van der Waals surface area contributed by atoms with E-state index < -0.39 is 34.2 Å². The first-order valence-corrected chi connectivity index (χ1v) is 7.19. The molecule has 0 saturated heterocycles. The van der Waals surface area contributed by atoms with Crippen molar-refractivity contribution in [2.75, 3.05) is 10.6 Å². The fourth-order valence-electron chi connectivity index (χ4n) is 1.88. The number of anilines is 2. The Balaban J connectivity index is 2.10. The zero-order valence-corrected chi connectivity index (χ0v) is 13.4. The molecule has 0 aliphatic carbocycles. The highest BCUT2D eigenvalue weighted by Crippen LogP contribution is 2.30. The minimum Gasteiger partial charge on any atom is -0.318 e. The molecule has 7 nitrogen and oxygen atoms in total. The molecule has 0 fully saturated rings. The van der Waals surface area contributed by atoms with Crippen LogP contribution >= 0.6 is 11.6 Å². The van der Waals surface area contributed by atoms with E-state index in [1.807, 2.05) is 5.32 Å². The van der Waals surface area contributed by atoms with Gasteiger partial charge in [-0.1, -0.05) is 17.7 Å². The summed E-state index contributed by atoms with van der Waals surface area (Å²) in [7, 11) is 0. The zero-order valence-electron chi connectivity index (χ0n) is 12.6. The van der Waals surface area contributed by atoms with Gasteiger partial charge in [0.05, 0.1) is 10.5 Å². The van der Waals surface area contributed by atoms with E-state index in [0.717, 1.165) is 24.3 Å². The number of amides is 2. The topological polar surface area (TPSA) is 101 Å². The Bertz CT molecular complexity index is 887. The number of rotatable bonds is 3. The fraction of sp³-hybridized carbons (Fsp3) is 0.0667. The van der Waals surface area contributed by atoms with Gasteiger partial charge in [-0.15, -0.1) is 0 Å². The molecule has 0 radical (unpaired) electrons. The highest BCUT2D eigenvalue weighted by molar-refractivity contribution is 6.43. The molecule has 26 heavy (non-hydrogen) atoms. The molecular formula is C15H9ClF3N3O4. The summed E-state index contributed by atoms with van der Waals surface area (Å²) in [5, 5.41) is 14.7. The second kappa shape index (κ2) is 7.40. The summed E-state index contributed by atoms with van der Waals surface area (Å²) >= 11 is 5.62. The predicted molar refractivity (Wildman–Crippen MR) is 86.8 cm³/mol. The second-order valence-corrected chi connectivity index (χ2v) is 5.32. The smallest absolute Gasteiger partial charge is 0.318 e. The quantitative estimate of drug-likeness (QED) is 0.474. The summed E-state index contributed by atoms with van der Waals surface area (Å²) in [6.45, 7) is 0. The maximum absolute atomic E-state index is 12.6. The second-order valence-electron chi connectivity index (χ2n) is 4.91. The number of hydrogen-bond acceptors (Lipinski definition) is 4. The summed E-state index contributed by atoms with van der Waals surface area (Å²) in [5.74, 6) is -2.47. The molecule has 0 saturated carbocycles. The number of benzene rings is 2. The van der Waals surface area contributed by atoms with Crippen molar-refractivity contribution in [3.05, 3.63) is 63.2 Å². The van der Waals surface area contributed by atoms with Crippen LogP contribution in [0.1, 0.15) is 5.56 Å². The van der Waals surface area contributed by atoms with Gasteiger partial charge in [0.25, 0.3) is 5.69 Å². The number of carbonyl (C=O) groups excluding carboxylic acids is 2. The molecule has 0 aromatic heterocycles. The van der Waals surface area contributed by atoms with Crippen LogP contribution in [-0.2, 0) is 15.8 Å². The Morgan fingerprint density at radius 2 is 1.58 bits per heavy atom. The van der Waals surface area contributed by atoms with E-state index in [2.05, 4.69) is 5.32 Å². The number of hydrogen-bond donors (Lipinski definition) is 2. The summed E-state index contributed by atoms with van der Waals surface area (Å²) in [6, 6.07) is 7.04. The average molecular weight is 388 g/mol. The SMILES string of the molecule is O=C(Nc1cccc(C(F)(F)F)c1)C(=O)Nc1ccc(Cl)c([N+](=O)[O-])c1. The Morgan fingerprint density at radius 3 is 2.12 bits per heavy atom. The lowest BCUT2D eigenvalue weighted by Gasteiger charge is -2.10. The Morgan fingerprint density at radius 1 is 1.00 bits per heavy atom. The Hall–Kier alpha value is -3.14. The molecule has 136 valence electrons. The number of halogens is 4. The van der Waals surface area contributed by atoms with E-state index in [-0.39, 0.29) is 16.4 Å². The maximum atomic E-state index is 12.6. The normalized spacial score (nSPS) is 10.9. The summed E-state index contributed by atoms with van der Waals surface area (Å²) in [4.78, 5) is 33.6. The van der Waals surface area contributed by atoms with Crippen LogP contribution in [0.3, 0.4) is 0 Å². The molecule has 0 bridgehead atoms. The van der Waals surface area contributed by atoms with Crippen LogP contribution in [0.2, 0.25) is 5.02 Å². The van der Waals surface area contributed by atoms with Crippen LogP contribution in [-0.4, -0.2) is 16.7 Å². The number of nitrogens with zero attached hydrogens (tertiary/aromatic N) is 1. The Kier molecular flexibility index (Phi) is 5.46. The molecular weight excluding hydrogens is 379 g/mol. The molecule has 0 heterocycles. The van der Waals surface area contributed by atoms with E-state index in [4.69, 9.17) is 11.6 Å². The fourth-order valence-corrected chi connectivity index (χ4v) is 2.07. The van der Waals surface area contributed by atoms with Crippen molar-refractivity contribution in [2.24, 2.45) is 0 Å². The molecule has 2 rings (SSSR count). The van der Waals surface area contributed by atoms with Gasteiger partial charge in [0.2, 0.25) is 0 Å². The zero-order chi connectivity index (χ0) is 19.5. The lowest BCUT2D eigenvalue weighted by atomic mass is 10.2. The molecule has 11 heteroatoms. The van der Waals surface area contributed by atoms with Crippen molar-refractivity contribution in [3.63, 3.8) is 0 Å². The third-order valence-corrected chi connectivity index (χ3v) is 3.37. The molecule has 2 N–H and O–H groups in total. The first-order chi connectivity index (χ1) is 12.1. The average Bonchev–Trinajstić information content (AvgIpc) is 2.55. The molecule has 0 unspecified atom stereocenters. The number of nitro benzene ring substituents is 1. The van der Waals surface area contributed by atoms with Crippen LogP contribution in [0.4, 0.5) is 30.2 Å². The third kappa shape index (κ3) is 4.70. The first kappa shape index (κ1) is 19.2. The summed E-state index contributed by atoms with van der Waals surface area (Å²) in [6.07, 6.45) is -4.61. The number of nitrogens with one attached hydrogen (secondary N) is 2. The standard InChI is InChI=1S/C15H9ClF3N3O4/c16-11-5-4-10(7-12(11)22(25)26)21-14(24)13(23)20-9-3-1-2-8(6-9)15(17,18)19/h1-7H,(H,20,23)(H,21,24). The van der Waals surface area contributed by atoms with Crippen molar-refractivity contribution in [2.45, 2.75) is 6.18 Å². The lowest BCUT2D eigenvalue weighted by molar-refractivity contribution is -0.384. The number of carbonyl (C=O) groups is 2. The lowest BCUT2D eigenvalue weighted by Crippen LogP contribution is -2.29. The summed E-state index contributed by atoms with van der Waals surface area (Å²) in [5.41, 5.74) is -1.79. The van der Waals surface area contributed by atoms with Crippen molar-refractivity contribution in [3.8, 4) is 0 Å². The molecule has 2 aromatic rings.